The van der Waals surface area contributed by atoms with Gasteiger partial charge in [-0.15, -0.1) is 0 Å². The molecular weight excluding hydrogens is 797 g/mol. The number of benzene rings is 9. The fraction of sp³-hybridized carbons (Fsp3) is 0. The van der Waals surface area contributed by atoms with Crippen LogP contribution in [-0.4, -0.2) is 24.1 Å². The highest BCUT2D eigenvalue weighted by molar-refractivity contribution is 6.26. The van der Waals surface area contributed by atoms with E-state index in [0.717, 1.165) is 76.8 Å². The minimum Gasteiger partial charge on any atom is -0.456 e. The second kappa shape index (κ2) is 14.5. The summed E-state index contributed by atoms with van der Waals surface area (Å²) in [6.45, 7) is 0. The fourth-order valence-corrected chi connectivity index (χ4v) is 9.48. The van der Waals surface area contributed by atoms with Gasteiger partial charge in [0, 0.05) is 54.7 Å². The smallest absolute Gasteiger partial charge is 0.164 e. The van der Waals surface area contributed by atoms with Gasteiger partial charge in [-0.25, -0.2) is 15.0 Å². The second-order valence-electron chi connectivity index (χ2n) is 15.9. The molecule has 0 saturated heterocycles. The lowest BCUT2D eigenvalue weighted by molar-refractivity contribution is 0.669. The average molecular weight is 836 g/mol. The number of nitrogens with zero attached hydrogens (tertiary/aromatic N) is 6. The maximum atomic E-state index is 11.2. The van der Waals surface area contributed by atoms with Crippen LogP contribution in [0.15, 0.2) is 211 Å². The Morgan fingerprint density at radius 1 is 0.462 bits per heavy atom. The Morgan fingerprint density at radius 2 is 1.09 bits per heavy atom. The number of rotatable bonds is 6. The SMILES string of the molecule is [2H]c1c([2H])c([2H])c(-n2c3ccccc3c3c2ccc2c4ccccc4n(-c4ccc(-c5nc(-c6ccc7oc8ccccc8c7c6)nc(-c6ccccc6-c6ccccc6)n5)cc4C#N)c23)c([2H])c1[2H]. The Kier molecular flexibility index (Phi) is 7.06. The molecule has 0 unspecified atom stereocenters. The zero-order valence-corrected chi connectivity index (χ0v) is 34.3. The normalized spacial score (nSPS) is 12.8. The molecule has 65 heavy (non-hydrogen) atoms. The summed E-state index contributed by atoms with van der Waals surface area (Å²) in [4.78, 5) is 15.5. The number of hydrogen-bond acceptors (Lipinski definition) is 5. The summed E-state index contributed by atoms with van der Waals surface area (Å²) in [6, 6.07) is 58.0. The lowest BCUT2D eigenvalue weighted by atomic mass is 9.99. The van der Waals surface area contributed by atoms with Crippen molar-refractivity contribution in [3.8, 4) is 62.7 Å². The molecule has 0 radical (unpaired) electrons. The van der Waals surface area contributed by atoms with Gasteiger partial charge in [0.05, 0.1) is 40.2 Å². The predicted molar refractivity (Wildman–Crippen MR) is 262 cm³/mol. The first-order chi connectivity index (χ1) is 34.3. The van der Waals surface area contributed by atoms with E-state index in [1.165, 1.54) is 0 Å². The molecule has 13 aromatic rings. The molecule has 0 saturated carbocycles. The Hall–Kier alpha value is -9.12. The Bertz CT molecular complexity index is 4370. The number of nitriles is 1. The quantitative estimate of drug-likeness (QED) is 0.167. The van der Waals surface area contributed by atoms with E-state index in [4.69, 9.17) is 26.2 Å². The standard InChI is InChI=1S/C58H34N6O/c59-35-39-33-37(27-30-48(39)64-49-24-12-9-20-42(49)44-29-31-51-54(55(44)64)46-23-10-13-25-50(46)63(51)40-17-5-2-6-18-40)56-60-57(38-28-32-53-47(34-38)43-21-11-14-26-52(43)65-53)62-58(61-56)45-22-8-7-19-41(45)36-15-3-1-4-16-36/h1-34H/i2D,5D,6D,17D,18D. The summed E-state index contributed by atoms with van der Waals surface area (Å²) in [5.41, 5.74) is 9.74. The van der Waals surface area contributed by atoms with Crippen molar-refractivity contribution in [2.75, 3.05) is 0 Å². The molecule has 0 aliphatic carbocycles. The molecule has 13 rings (SSSR count). The average Bonchev–Trinajstić information content (AvgIpc) is 4.07. The second-order valence-corrected chi connectivity index (χ2v) is 15.9. The monoisotopic (exact) mass is 835 g/mol. The van der Waals surface area contributed by atoms with Crippen molar-refractivity contribution in [3.05, 3.63) is 212 Å². The van der Waals surface area contributed by atoms with E-state index in [1.807, 2.05) is 146 Å². The van der Waals surface area contributed by atoms with Gasteiger partial charge in [0.15, 0.2) is 17.5 Å². The van der Waals surface area contributed by atoms with E-state index < -0.39 is 18.1 Å². The number of para-hydroxylation sites is 4. The minimum atomic E-state index is -0.458. The van der Waals surface area contributed by atoms with Crippen LogP contribution in [0, 0.1) is 11.3 Å². The van der Waals surface area contributed by atoms with Crippen LogP contribution in [0.4, 0.5) is 0 Å². The van der Waals surface area contributed by atoms with Crippen LogP contribution in [-0.2, 0) is 0 Å². The summed E-state index contributed by atoms with van der Waals surface area (Å²) >= 11 is 0. The van der Waals surface area contributed by atoms with Gasteiger partial charge in [0.1, 0.15) is 17.2 Å². The van der Waals surface area contributed by atoms with Gasteiger partial charge in [0.2, 0.25) is 0 Å². The number of fused-ring (bicyclic) bond motifs is 10. The van der Waals surface area contributed by atoms with E-state index in [1.54, 1.807) is 4.57 Å². The summed E-state index contributed by atoms with van der Waals surface area (Å²) in [5.74, 6) is 1.31. The number of hydrogen-bond donors (Lipinski definition) is 0. The Morgan fingerprint density at radius 3 is 1.89 bits per heavy atom. The lowest BCUT2D eigenvalue weighted by Gasteiger charge is -2.14. The van der Waals surface area contributed by atoms with E-state index in [0.29, 0.717) is 45.3 Å². The molecule has 0 spiro atoms. The first kappa shape index (κ1) is 31.7. The molecule has 0 bridgehead atoms. The Balaban J connectivity index is 1.05. The highest BCUT2D eigenvalue weighted by Gasteiger charge is 2.23. The highest BCUT2D eigenvalue weighted by Crippen LogP contribution is 2.43. The van der Waals surface area contributed by atoms with Crippen molar-refractivity contribution >= 4 is 65.6 Å². The molecule has 4 heterocycles. The van der Waals surface area contributed by atoms with E-state index in [2.05, 4.69) is 41.0 Å². The van der Waals surface area contributed by atoms with Crippen LogP contribution in [0.1, 0.15) is 12.4 Å². The van der Waals surface area contributed by atoms with Gasteiger partial charge in [-0.2, -0.15) is 5.26 Å². The van der Waals surface area contributed by atoms with Gasteiger partial charge < -0.3 is 13.6 Å². The van der Waals surface area contributed by atoms with Crippen LogP contribution in [0.2, 0.25) is 0 Å². The van der Waals surface area contributed by atoms with Gasteiger partial charge >= 0.3 is 0 Å². The van der Waals surface area contributed by atoms with Crippen molar-refractivity contribution < 1.29 is 11.3 Å². The van der Waals surface area contributed by atoms with E-state index >= 15 is 0 Å². The maximum Gasteiger partial charge on any atom is 0.164 e. The molecule has 302 valence electrons. The van der Waals surface area contributed by atoms with Gasteiger partial charge in [-0.3, -0.25) is 0 Å². The van der Waals surface area contributed by atoms with E-state index in [-0.39, 0.29) is 17.8 Å². The third-order valence-electron chi connectivity index (χ3n) is 12.3. The molecule has 4 aromatic heterocycles. The van der Waals surface area contributed by atoms with Crippen LogP contribution < -0.4 is 0 Å². The molecular formula is C58H34N6O. The van der Waals surface area contributed by atoms with Gasteiger partial charge in [-0.1, -0.05) is 133 Å². The first-order valence-electron chi connectivity index (χ1n) is 23.7. The Labute approximate surface area is 379 Å². The predicted octanol–water partition coefficient (Wildman–Crippen LogP) is 14.5. The third kappa shape index (κ3) is 5.71. The van der Waals surface area contributed by atoms with Gasteiger partial charge in [-0.05, 0) is 83.9 Å². The number of aromatic nitrogens is 5. The van der Waals surface area contributed by atoms with Crippen molar-refractivity contribution in [1.29, 1.82) is 5.26 Å². The molecule has 9 aromatic carbocycles. The van der Waals surface area contributed by atoms with Crippen molar-refractivity contribution in [1.82, 2.24) is 24.1 Å². The molecule has 0 N–H and O–H groups in total. The maximum absolute atomic E-state index is 11.2. The van der Waals surface area contributed by atoms with Crippen LogP contribution in [0.3, 0.4) is 0 Å². The largest absolute Gasteiger partial charge is 0.456 e. The van der Waals surface area contributed by atoms with Crippen LogP contribution in [0.25, 0.3) is 122 Å². The molecule has 0 atom stereocenters. The lowest BCUT2D eigenvalue weighted by Crippen LogP contribution is -2.03. The topological polar surface area (TPSA) is 85.5 Å². The summed E-state index contributed by atoms with van der Waals surface area (Å²) < 4.78 is 53.5. The summed E-state index contributed by atoms with van der Waals surface area (Å²) in [6.07, 6.45) is 0. The van der Waals surface area contributed by atoms with Crippen LogP contribution >= 0.6 is 0 Å². The minimum absolute atomic E-state index is 0.0572. The molecule has 0 fully saturated rings. The van der Waals surface area contributed by atoms with Gasteiger partial charge in [0.25, 0.3) is 0 Å². The highest BCUT2D eigenvalue weighted by atomic mass is 16.3. The zero-order valence-electron chi connectivity index (χ0n) is 39.3. The van der Waals surface area contributed by atoms with Crippen molar-refractivity contribution in [3.63, 3.8) is 0 Å². The first-order valence-corrected chi connectivity index (χ1v) is 21.2. The molecule has 0 aliphatic heterocycles. The van der Waals surface area contributed by atoms with Crippen molar-refractivity contribution in [2.45, 2.75) is 0 Å². The number of furan rings is 1. The van der Waals surface area contributed by atoms with E-state index in [9.17, 15) is 5.26 Å². The molecule has 7 nitrogen and oxygen atoms in total. The zero-order chi connectivity index (χ0) is 47.4. The summed E-state index contributed by atoms with van der Waals surface area (Å²) in [7, 11) is 0. The third-order valence-corrected chi connectivity index (χ3v) is 12.3. The molecule has 0 amide bonds. The molecule has 0 aliphatic rings. The molecule has 7 heteroatoms. The van der Waals surface area contributed by atoms with Crippen molar-refractivity contribution in [2.24, 2.45) is 0 Å². The fourth-order valence-electron chi connectivity index (χ4n) is 9.48. The van der Waals surface area contributed by atoms with Crippen LogP contribution in [0.5, 0.6) is 0 Å². The summed E-state index contributed by atoms with van der Waals surface area (Å²) in [5, 5.41) is 16.6.